The topological polar surface area (TPSA) is 59.2 Å². The smallest absolute Gasteiger partial charge is 0.343 e. The minimum Gasteiger partial charge on any atom is -0.462 e. The molecular formula is C15H13F2NO3. The molecule has 0 unspecified atom stereocenters. The molecule has 0 radical (unpaired) electrons. The van der Waals surface area contributed by atoms with Crippen LogP contribution in [0.15, 0.2) is 17.1 Å². The fraction of sp³-hybridized carbons (Fsp3) is 0.333. The van der Waals surface area contributed by atoms with Crippen LogP contribution in [0.4, 0.5) is 8.78 Å². The Balaban J connectivity index is 2.27. The number of hydrogen-bond donors (Lipinski definition) is 1. The SMILES string of the molecule is CCOC(=O)c1c[nH]c2c(C3CC3)c(F)c(F)cc2c1=O. The third-order valence-electron chi connectivity index (χ3n) is 3.59. The lowest BCUT2D eigenvalue weighted by Gasteiger charge is -2.09. The summed E-state index contributed by atoms with van der Waals surface area (Å²) >= 11 is 0. The largest absolute Gasteiger partial charge is 0.462 e. The highest BCUT2D eigenvalue weighted by atomic mass is 19.2. The molecule has 6 heteroatoms. The van der Waals surface area contributed by atoms with Crippen LogP contribution in [0.3, 0.4) is 0 Å². The predicted octanol–water partition coefficient (Wildman–Crippen LogP) is 2.86. The number of aromatic nitrogens is 1. The van der Waals surface area contributed by atoms with Gasteiger partial charge in [-0.1, -0.05) is 0 Å². The molecule has 1 saturated carbocycles. The summed E-state index contributed by atoms with van der Waals surface area (Å²) in [6.07, 6.45) is 2.72. The Morgan fingerprint density at radius 1 is 1.43 bits per heavy atom. The maximum Gasteiger partial charge on any atom is 0.343 e. The molecule has 0 atom stereocenters. The Hall–Kier alpha value is -2.24. The number of carbonyl (C=O) groups excluding carboxylic acids is 1. The van der Waals surface area contributed by atoms with E-state index in [9.17, 15) is 18.4 Å². The van der Waals surface area contributed by atoms with Gasteiger partial charge < -0.3 is 9.72 Å². The van der Waals surface area contributed by atoms with Crippen LogP contribution >= 0.6 is 0 Å². The van der Waals surface area contributed by atoms with E-state index in [1.807, 2.05) is 0 Å². The Kier molecular flexibility index (Phi) is 3.23. The number of benzene rings is 1. The molecule has 2 aromatic rings. The van der Waals surface area contributed by atoms with Gasteiger partial charge in [-0.3, -0.25) is 4.79 Å². The van der Waals surface area contributed by atoms with Crippen molar-refractivity contribution in [1.29, 1.82) is 0 Å². The van der Waals surface area contributed by atoms with E-state index in [0.29, 0.717) is 0 Å². The van der Waals surface area contributed by atoms with Crippen molar-refractivity contribution in [2.24, 2.45) is 0 Å². The summed E-state index contributed by atoms with van der Waals surface area (Å²) in [5.41, 5.74) is -0.410. The molecule has 110 valence electrons. The van der Waals surface area contributed by atoms with Crippen molar-refractivity contribution in [1.82, 2.24) is 4.98 Å². The fourth-order valence-electron chi connectivity index (χ4n) is 2.45. The van der Waals surface area contributed by atoms with Crippen LogP contribution < -0.4 is 5.43 Å². The molecule has 0 amide bonds. The third-order valence-corrected chi connectivity index (χ3v) is 3.59. The molecule has 21 heavy (non-hydrogen) atoms. The van der Waals surface area contributed by atoms with Crippen molar-refractivity contribution in [2.45, 2.75) is 25.7 Å². The number of halogens is 2. The van der Waals surface area contributed by atoms with Gasteiger partial charge in [0, 0.05) is 17.1 Å². The quantitative estimate of drug-likeness (QED) is 0.885. The van der Waals surface area contributed by atoms with Crippen LogP contribution in [-0.4, -0.2) is 17.6 Å². The van der Waals surface area contributed by atoms with Gasteiger partial charge in [0.2, 0.25) is 5.43 Å². The molecule has 1 aliphatic rings. The minimum atomic E-state index is -1.07. The summed E-state index contributed by atoms with van der Waals surface area (Å²) in [5, 5.41) is -0.0265. The second-order valence-corrected chi connectivity index (χ2v) is 5.03. The zero-order valence-corrected chi connectivity index (χ0v) is 11.3. The molecule has 1 aromatic heterocycles. The molecule has 3 rings (SSSR count). The van der Waals surface area contributed by atoms with Crippen molar-refractivity contribution in [3.05, 3.63) is 45.2 Å². The lowest BCUT2D eigenvalue weighted by molar-refractivity contribution is 0.0524. The summed E-state index contributed by atoms with van der Waals surface area (Å²) in [6.45, 7) is 1.74. The number of ether oxygens (including phenoxy) is 1. The number of esters is 1. The summed E-state index contributed by atoms with van der Waals surface area (Å²) in [6, 6.07) is 0.831. The average Bonchev–Trinajstić information content (AvgIpc) is 3.26. The van der Waals surface area contributed by atoms with Gasteiger partial charge in [0.25, 0.3) is 0 Å². The van der Waals surface area contributed by atoms with Gasteiger partial charge in [0.05, 0.1) is 12.1 Å². The van der Waals surface area contributed by atoms with Crippen LogP contribution in [0.25, 0.3) is 10.9 Å². The minimum absolute atomic E-state index is 0.0265. The molecule has 4 nitrogen and oxygen atoms in total. The molecule has 1 aliphatic carbocycles. The summed E-state index contributed by atoms with van der Waals surface area (Å²) in [5.74, 6) is -2.86. The molecule has 1 aromatic carbocycles. The lowest BCUT2D eigenvalue weighted by atomic mass is 10.0. The first-order valence-electron chi connectivity index (χ1n) is 6.75. The first-order chi connectivity index (χ1) is 10.0. The predicted molar refractivity (Wildman–Crippen MR) is 72.4 cm³/mol. The number of pyridine rings is 1. The van der Waals surface area contributed by atoms with Crippen LogP contribution in [0, 0.1) is 11.6 Å². The van der Waals surface area contributed by atoms with Crippen LogP contribution in [0.1, 0.15) is 41.6 Å². The maximum absolute atomic E-state index is 13.9. The third kappa shape index (κ3) is 2.20. The van der Waals surface area contributed by atoms with Crippen LogP contribution in [-0.2, 0) is 4.74 Å². The van der Waals surface area contributed by atoms with Gasteiger partial charge in [0.15, 0.2) is 11.6 Å². The van der Waals surface area contributed by atoms with Crippen molar-refractivity contribution in [3.63, 3.8) is 0 Å². The molecule has 1 heterocycles. The van der Waals surface area contributed by atoms with Crippen LogP contribution in [0.2, 0.25) is 0 Å². The molecule has 0 aliphatic heterocycles. The Morgan fingerprint density at radius 2 is 2.14 bits per heavy atom. The summed E-state index contributed by atoms with van der Waals surface area (Å²) in [7, 11) is 0. The number of H-pyrrole nitrogens is 1. The molecule has 1 N–H and O–H groups in total. The van der Waals surface area contributed by atoms with E-state index in [1.54, 1.807) is 6.92 Å². The average molecular weight is 293 g/mol. The van der Waals surface area contributed by atoms with Gasteiger partial charge in [-0.25, -0.2) is 13.6 Å². The summed E-state index contributed by atoms with van der Waals surface area (Å²) < 4.78 is 32.4. The maximum atomic E-state index is 13.9. The second-order valence-electron chi connectivity index (χ2n) is 5.03. The molecule has 0 bridgehead atoms. The highest BCUT2D eigenvalue weighted by Gasteiger charge is 2.31. The number of carbonyl (C=O) groups is 1. The Bertz CT molecular complexity index is 794. The van der Waals surface area contributed by atoms with Gasteiger partial charge in [-0.05, 0) is 31.7 Å². The van der Waals surface area contributed by atoms with Crippen molar-refractivity contribution in [3.8, 4) is 0 Å². The first kappa shape index (κ1) is 13.7. The Morgan fingerprint density at radius 3 is 2.76 bits per heavy atom. The number of hydrogen-bond acceptors (Lipinski definition) is 3. The standard InChI is InChI=1S/C15H13F2NO3/c1-2-21-15(20)9-6-18-13-8(14(9)19)5-10(16)12(17)11(13)7-3-4-7/h5-7H,2-4H2,1H3,(H,18,19). The fourth-order valence-corrected chi connectivity index (χ4v) is 2.45. The van der Waals surface area contributed by atoms with E-state index in [-0.39, 0.29) is 34.6 Å². The number of fused-ring (bicyclic) bond motifs is 1. The lowest BCUT2D eigenvalue weighted by Crippen LogP contribution is -2.19. The molecule has 0 saturated heterocycles. The monoisotopic (exact) mass is 293 g/mol. The first-order valence-corrected chi connectivity index (χ1v) is 6.75. The zero-order valence-electron chi connectivity index (χ0n) is 11.3. The van der Waals surface area contributed by atoms with E-state index in [0.717, 1.165) is 18.9 Å². The van der Waals surface area contributed by atoms with E-state index in [1.165, 1.54) is 6.20 Å². The normalized spacial score (nSPS) is 14.4. The summed E-state index contributed by atoms with van der Waals surface area (Å²) in [4.78, 5) is 26.7. The zero-order chi connectivity index (χ0) is 15.1. The number of rotatable bonds is 3. The van der Waals surface area contributed by atoms with E-state index in [2.05, 4.69) is 4.98 Å². The highest BCUT2D eigenvalue weighted by Crippen LogP contribution is 2.44. The van der Waals surface area contributed by atoms with E-state index >= 15 is 0 Å². The van der Waals surface area contributed by atoms with Gasteiger partial charge in [0.1, 0.15) is 5.56 Å². The van der Waals surface area contributed by atoms with Gasteiger partial charge in [-0.15, -0.1) is 0 Å². The van der Waals surface area contributed by atoms with Crippen molar-refractivity contribution >= 4 is 16.9 Å². The van der Waals surface area contributed by atoms with Crippen molar-refractivity contribution < 1.29 is 18.3 Å². The van der Waals surface area contributed by atoms with Crippen LogP contribution in [0.5, 0.6) is 0 Å². The van der Waals surface area contributed by atoms with Gasteiger partial charge >= 0.3 is 5.97 Å². The molecular weight excluding hydrogens is 280 g/mol. The van der Waals surface area contributed by atoms with Crippen molar-refractivity contribution in [2.75, 3.05) is 6.61 Å². The van der Waals surface area contributed by atoms with E-state index < -0.39 is 23.0 Å². The van der Waals surface area contributed by atoms with Gasteiger partial charge in [-0.2, -0.15) is 0 Å². The molecule has 0 spiro atoms. The molecule has 1 fully saturated rings. The number of nitrogens with one attached hydrogen (secondary N) is 1. The number of aromatic amines is 1. The Labute approximate surface area is 118 Å². The second kappa shape index (κ2) is 4.95. The van der Waals surface area contributed by atoms with E-state index in [4.69, 9.17) is 4.74 Å². The highest BCUT2D eigenvalue weighted by molar-refractivity contribution is 5.94.